The van der Waals surface area contributed by atoms with Crippen molar-refractivity contribution in [1.29, 1.82) is 5.26 Å². The number of nitriles is 1. The summed E-state index contributed by atoms with van der Waals surface area (Å²) in [7, 11) is 0. The van der Waals surface area contributed by atoms with Crippen LogP contribution in [0.3, 0.4) is 0 Å². The number of nitrogens with one attached hydrogen (secondary N) is 3. The monoisotopic (exact) mass is 522 g/mol. The zero-order valence-corrected chi connectivity index (χ0v) is 20.0. The molecule has 4 N–H and O–H groups in total. The second-order valence-corrected chi connectivity index (χ2v) is 10.0. The lowest BCUT2D eigenvalue weighted by Gasteiger charge is -2.48. The molecular weight excluding hydrogens is 497 g/mol. The van der Waals surface area contributed by atoms with Crippen LogP contribution in [0.25, 0.3) is 0 Å². The molecule has 0 spiro atoms. The molecule has 1 aliphatic heterocycles. The highest BCUT2D eigenvalue weighted by atomic mass is 32.1. The average Bonchev–Trinajstić information content (AvgIpc) is 3.30. The molecule has 9 nitrogen and oxygen atoms in total. The highest BCUT2D eigenvalue weighted by molar-refractivity contribution is 7.15. The smallest absolute Gasteiger partial charge is 0.384 e. The lowest BCUT2D eigenvalue weighted by atomic mass is 9.80. The van der Waals surface area contributed by atoms with E-state index in [1.54, 1.807) is 6.20 Å². The van der Waals surface area contributed by atoms with Crippen molar-refractivity contribution in [2.24, 2.45) is 0 Å². The van der Waals surface area contributed by atoms with Crippen molar-refractivity contribution in [2.45, 2.75) is 49.5 Å². The molecule has 1 aromatic heterocycles. The van der Waals surface area contributed by atoms with Crippen LogP contribution in [0.1, 0.15) is 46.5 Å². The molecule has 192 valence electrons. The normalized spacial score (nSPS) is 22.8. The molecule has 0 bridgehead atoms. The van der Waals surface area contributed by atoms with Crippen molar-refractivity contribution < 1.29 is 27.9 Å². The first-order chi connectivity index (χ1) is 17.1. The van der Waals surface area contributed by atoms with Gasteiger partial charge in [-0.2, -0.15) is 18.4 Å². The topological polar surface area (TPSA) is 130 Å². The highest BCUT2D eigenvalue weighted by Gasteiger charge is 2.41. The Kier molecular flexibility index (Phi) is 7.49. The summed E-state index contributed by atoms with van der Waals surface area (Å²) >= 11 is 1.27. The van der Waals surface area contributed by atoms with Crippen molar-refractivity contribution in [3.05, 3.63) is 46.5 Å². The summed E-state index contributed by atoms with van der Waals surface area (Å²) in [5, 5.41) is 27.8. The van der Waals surface area contributed by atoms with Crippen LogP contribution in [-0.4, -0.2) is 58.5 Å². The summed E-state index contributed by atoms with van der Waals surface area (Å²) in [6.45, 7) is 0.958. The van der Waals surface area contributed by atoms with Gasteiger partial charge in [0.25, 0.3) is 5.91 Å². The van der Waals surface area contributed by atoms with Gasteiger partial charge in [0.1, 0.15) is 5.60 Å². The van der Waals surface area contributed by atoms with Crippen LogP contribution >= 0.6 is 11.3 Å². The fraction of sp³-hybridized carbons (Fsp3) is 0.478. The standard InChI is InChI=1S/C23H25F3N6O3S/c24-23(25,26)15-3-1-2-14(8-15)20(34)28-10-19(33)31-16-11-32(12-16)17-4-6-22(35,7-5-17)18-9-29-21(36-18)30-13-27/h1-3,8-9,16-17,35H,4-7,10-12H2,(H,28,34)(H,29,30)(H,31,33)/t17-,22-. The lowest BCUT2D eigenvalue weighted by molar-refractivity contribution is -0.137. The Morgan fingerprint density at radius 3 is 2.67 bits per heavy atom. The van der Waals surface area contributed by atoms with Gasteiger partial charge in [0.15, 0.2) is 11.3 Å². The minimum absolute atomic E-state index is 0.0788. The van der Waals surface area contributed by atoms with Crippen molar-refractivity contribution in [3.63, 3.8) is 0 Å². The van der Waals surface area contributed by atoms with E-state index in [0.29, 0.717) is 31.1 Å². The molecule has 2 aliphatic rings. The van der Waals surface area contributed by atoms with E-state index in [0.717, 1.165) is 35.9 Å². The Balaban J connectivity index is 1.17. The number of alkyl halides is 3. The minimum Gasteiger partial charge on any atom is -0.384 e. The molecule has 1 aromatic carbocycles. The van der Waals surface area contributed by atoms with Crippen LogP contribution in [0.2, 0.25) is 0 Å². The Morgan fingerprint density at radius 2 is 2.00 bits per heavy atom. The fourth-order valence-electron chi connectivity index (χ4n) is 4.57. The van der Waals surface area contributed by atoms with Gasteiger partial charge in [-0.05, 0) is 43.9 Å². The van der Waals surface area contributed by atoms with Gasteiger partial charge in [-0.1, -0.05) is 17.4 Å². The molecule has 2 heterocycles. The van der Waals surface area contributed by atoms with Crippen LogP contribution in [-0.2, 0) is 16.6 Å². The lowest BCUT2D eigenvalue weighted by Crippen LogP contribution is -2.63. The molecule has 4 rings (SSSR count). The summed E-state index contributed by atoms with van der Waals surface area (Å²) in [5.41, 5.74) is -2.05. The third-order valence-corrected chi connectivity index (χ3v) is 7.67. The van der Waals surface area contributed by atoms with Crippen molar-refractivity contribution in [2.75, 3.05) is 25.0 Å². The first-order valence-electron chi connectivity index (χ1n) is 11.4. The van der Waals surface area contributed by atoms with Gasteiger partial charge in [-0.25, -0.2) is 4.98 Å². The number of aliphatic hydroxyl groups is 1. The van der Waals surface area contributed by atoms with Gasteiger partial charge in [0.2, 0.25) is 5.91 Å². The van der Waals surface area contributed by atoms with Crippen LogP contribution in [0.15, 0.2) is 30.5 Å². The van der Waals surface area contributed by atoms with Crippen LogP contribution in [0.5, 0.6) is 0 Å². The van der Waals surface area contributed by atoms with Gasteiger partial charge in [0, 0.05) is 30.9 Å². The number of aromatic nitrogens is 1. The third-order valence-electron chi connectivity index (χ3n) is 6.56. The number of carbonyl (C=O) groups excluding carboxylic acids is 2. The molecule has 1 aliphatic carbocycles. The Labute approximate surface area is 209 Å². The van der Waals surface area contributed by atoms with Gasteiger partial charge >= 0.3 is 6.18 Å². The van der Waals surface area contributed by atoms with Gasteiger partial charge in [-0.3, -0.25) is 19.8 Å². The maximum atomic E-state index is 12.8. The number of rotatable bonds is 7. The molecule has 0 radical (unpaired) electrons. The predicted molar refractivity (Wildman–Crippen MR) is 125 cm³/mol. The second kappa shape index (κ2) is 10.4. The maximum Gasteiger partial charge on any atom is 0.416 e. The summed E-state index contributed by atoms with van der Waals surface area (Å²) in [6, 6.07) is 4.23. The van der Waals surface area contributed by atoms with E-state index in [9.17, 15) is 27.9 Å². The molecule has 13 heteroatoms. The second-order valence-electron chi connectivity index (χ2n) is 9.01. The van der Waals surface area contributed by atoms with Gasteiger partial charge in [-0.15, -0.1) is 0 Å². The van der Waals surface area contributed by atoms with E-state index >= 15 is 0 Å². The van der Waals surface area contributed by atoms with Crippen LogP contribution in [0, 0.1) is 11.5 Å². The average molecular weight is 523 g/mol. The molecule has 36 heavy (non-hydrogen) atoms. The molecule has 1 saturated heterocycles. The SMILES string of the molecule is N#CNc1ncc([C@]2(O)CC[C@H](N3CC(NC(=O)CNC(=O)c4cccc(C(F)(F)F)c4)C3)CC2)s1. The van der Waals surface area contributed by atoms with E-state index in [2.05, 4.69) is 25.8 Å². The number of benzene rings is 1. The van der Waals surface area contributed by atoms with Gasteiger partial charge in [0.05, 0.1) is 23.0 Å². The summed E-state index contributed by atoms with van der Waals surface area (Å²) in [5.74, 6) is -1.16. The first kappa shape index (κ1) is 25.9. The maximum absolute atomic E-state index is 12.8. The number of halogens is 3. The van der Waals surface area contributed by atoms with E-state index in [1.165, 1.54) is 17.4 Å². The minimum atomic E-state index is -4.55. The van der Waals surface area contributed by atoms with Crippen molar-refractivity contribution in [1.82, 2.24) is 20.5 Å². The summed E-state index contributed by atoms with van der Waals surface area (Å²) in [4.78, 5) is 31.4. The number of nitrogens with zero attached hydrogens (tertiary/aromatic N) is 3. The summed E-state index contributed by atoms with van der Waals surface area (Å²) in [6.07, 6.45) is 1.57. The van der Waals surface area contributed by atoms with Crippen molar-refractivity contribution in [3.8, 4) is 6.19 Å². The summed E-state index contributed by atoms with van der Waals surface area (Å²) < 4.78 is 38.5. The molecule has 0 unspecified atom stereocenters. The number of thiazole rings is 1. The zero-order chi connectivity index (χ0) is 25.9. The van der Waals surface area contributed by atoms with Crippen LogP contribution < -0.4 is 16.0 Å². The number of hydrogen-bond donors (Lipinski definition) is 4. The Bertz CT molecular complexity index is 1150. The van der Waals surface area contributed by atoms with E-state index in [4.69, 9.17) is 5.26 Å². The molecule has 2 aromatic rings. The van der Waals surface area contributed by atoms with E-state index < -0.39 is 29.2 Å². The first-order valence-corrected chi connectivity index (χ1v) is 12.2. The van der Waals surface area contributed by atoms with Crippen LogP contribution in [0.4, 0.5) is 18.3 Å². The molecule has 2 fully saturated rings. The number of amides is 2. The number of anilines is 1. The van der Waals surface area contributed by atoms with E-state index in [-0.39, 0.29) is 24.2 Å². The Hall–Kier alpha value is -3.21. The Morgan fingerprint density at radius 1 is 1.28 bits per heavy atom. The predicted octanol–water partition coefficient (Wildman–Crippen LogP) is 2.42. The fourth-order valence-corrected chi connectivity index (χ4v) is 5.48. The third kappa shape index (κ3) is 5.95. The zero-order valence-electron chi connectivity index (χ0n) is 19.1. The molecule has 2 amide bonds. The van der Waals surface area contributed by atoms with Gasteiger partial charge < -0.3 is 15.7 Å². The molecule has 1 saturated carbocycles. The van der Waals surface area contributed by atoms with E-state index in [1.807, 2.05) is 6.19 Å². The van der Waals surface area contributed by atoms with Crippen molar-refractivity contribution >= 4 is 28.3 Å². The number of carbonyl (C=O) groups is 2. The largest absolute Gasteiger partial charge is 0.416 e. The quantitative estimate of drug-likeness (QED) is 0.325. The molecular formula is C23H25F3N6O3S. The number of likely N-dealkylation sites (tertiary alicyclic amines) is 1. The number of hydrogen-bond acceptors (Lipinski definition) is 8. The molecule has 0 atom stereocenters. The highest BCUT2D eigenvalue weighted by Crippen LogP contribution is 2.42.